The number of methoxy groups -OCH3 is 1. The number of carbonyl (C=O) groups is 1. The molecule has 1 unspecified atom stereocenters. The van der Waals surface area contributed by atoms with Crippen molar-refractivity contribution in [3.63, 3.8) is 0 Å². The van der Waals surface area contributed by atoms with E-state index in [-0.39, 0.29) is 11.7 Å². The Hall–Kier alpha value is -1.53. The van der Waals surface area contributed by atoms with Crippen molar-refractivity contribution in [3.05, 3.63) is 28.8 Å². The van der Waals surface area contributed by atoms with Crippen LogP contribution in [-0.4, -0.2) is 12.9 Å². The van der Waals surface area contributed by atoms with Crippen LogP contribution in [0.4, 0.5) is 0 Å². The first-order valence-corrected chi connectivity index (χ1v) is 6.82. The minimum atomic E-state index is -0.716. The number of nitrogens with zero attached hydrogens (tertiary/aromatic N) is 1. The van der Waals surface area contributed by atoms with Crippen LogP contribution in [0.15, 0.2) is 18.2 Å². The Labute approximate surface area is 118 Å². The topological polar surface area (TPSA) is 50.1 Å². The number of hydrogen-bond acceptors (Lipinski definition) is 3. The second-order valence-corrected chi connectivity index (χ2v) is 5.25. The number of rotatable bonds is 4. The zero-order valence-corrected chi connectivity index (χ0v) is 11.6. The molecule has 19 heavy (non-hydrogen) atoms. The van der Waals surface area contributed by atoms with Crippen LogP contribution >= 0.6 is 11.6 Å². The van der Waals surface area contributed by atoms with Crippen LogP contribution in [0.5, 0.6) is 5.75 Å². The number of nitriles is 1. The van der Waals surface area contributed by atoms with Crippen LogP contribution in [0, 0.1) is 17.2 Å². The van der Waals surface area contributed by atoms with Gasteiger partial charge in [0.1, 0.15) is 11.7 Å². The Balaban J connectivity index is 2.24. The van der Waals surface area contributed by atoms with Crippen molar-refractivity contribution in [1.29, 1.82) is 5.26 Å². The lowest BCUT2D eigenvalue weighted by Gasteiger charge is -2.14. The predicted molar refractivity (Wildman–Crippen MR) is 73.3 cm³/mol. The Morgan fingerprint density at radius 2 is 2.16 bits per heavy atom. The van der Waals surface area contributed by atoms with Crippen molar-refractivity contribution in [1.82, 2.24) is 0 Å². The average molecular weight is 278 g/mol. The van der Waals surface area contributed by atoms with Gasteiger partial charge in [-0.15, -0.1) is 0 Å². The number of hydrogen-bond donors (Lipinski definition) is 0. The molecule has 1 aromatic carbocycles. The summed E-state index contributed by atoms with van der Waals surface area (Å²) >= 11 is 6.05. The lowest BCUT2D eigenvalue weighted by Crippen LogP contribution is -2.19. The molecule has 0 heterocycles. The van der Waals surface area contributed by atoms with Gasteiger partial charge in [0.25, 0.3) is 0 Å². The maximum atomic E-state index is 12.3. The number of Topliss-reactive ketones (excluding diaryl/α,β-unsaturated/α-hetero) is 1. The minimum Gasteiger partial charge on any atom is -0.495 e. The highest BCUT2D eigenvalue weighted by Gasteiger charge is 2.30. The molecule has 1 fully saturated rings. The number of ether oxygens (including phenoxy) is 1. The lowest BCUT2D eigenvalue weighted by atomic mass is 9.87. The van der Waals surface area contributed by atoms with E-state index in [1.165, 1.54) is 7.11 Å². The van der Waals surface area contributed by atoms with Crippen molar-refractivity contribution in [2.24, 2.45) is 5.92 Å². The molecule has 0 amide bonds. The number of carbonyl (C=O) groups excluding carboxylic acids is 1. The van der Waals surface area contributed by atoms with Gasteiger partial charge in [0.2, 0.25) is 0 Å². The second-order valence-electron chi connectivity index (χ2n) is 4.84. The molecule has 2 rings (SSSR count). The van der Waals surface area contributed by atoms with E-state index >= 15 is 0 Å². The summed E-state index contributed by atoms with van der Waals surface area (Å²) in [5, 5.41) is 9.71. The molecule has 0 saturated heterocycles. The SMILES string of the molecule is COc1ccc(C(C#N)C(=O)C2CCCC2)cc1Cl. The van der Waals surface area contributed by atoms with Gasteiger partial charge < -0.3 is 4.74 Å². The minimum absolute atomic E-state index is 0.0289. The summed E-state index contributed by atoms with van der Waals surface area (Å²) in [5.74, 6) is -0.103. The molecule has 0 radical (unpaired) electrons. The van der Waals surface area contributed by atoms with Gasteiger partial charge in [-0.1, -0.05) is 30.5 Å². The van der Waals surface area contributed by atoms with Gasteiger partial charge in [-0.2, -0.15) is 5.26 Å². The summed E-state index contributed by atoms with van der Waals surface area (Å²) in [6.07, 6.45) is 3.97. The first-order chi connectivity index (χ1) is 9.17. The monoisotopic (exact) mass is 277 g/mol. The van der Waals surface area contributed by atoms with E-state index in [2.05, 4.69) is 6.07 Å². The molecule has 1 aliphatic carbocycles. The average Bonchev–Trinajstić information content (AvgIpc) is 2.93. The molecule has 0 aromatic heterocycles. The fourth-order valence-electron chi connectivity index (χ4n) is 2.61. The summed E-state index contributed by atoms with van der Waals surface area (Å²) in [6.45, 7) is 0. The van der Waals surface area contributed by atoms with Crippen LogP contribution < -0.4 is 4.74 Å². The van der Waals surface area contributed by atoms with Crippen molar-refractivity contribution in [3.8, 4) is 11.8 Å². The Kier molecular flexibility index (Phi) is 4.44. The highest BCUT2D eigenvalue weighted by Crippen LogP contribution is 2.33. The van der Waals surface area contributed by atoms with Gasteiger partial charge in [-0.25, -0.2) is 0 Å². The van der Waals surface area contributed by atoms with E-state index in [9.17, 15) is 10.1 Å². The largest absolute Gasteiger partial charge is 0.495 e. The van der Waals surface area contributed by atoms with Crippen LogP contribution in [-0.2, 0) is 4.79 Å². The molecular weight excluding hydrogens is 262 g/mol. The third-order valence-corrected chi connectivity index (χ3v) is 3.98. The fraction of sp³-hybridized carbons (Fsp3) is 0.467. The van der Waals surface area contributed by atoms with Crippen molar-refractivity contribution >= 4 is 17.4 Å². The number of halogens is 1. The predicted octanol–water partition coefficient (Wildman–Crippen LogP) is 3.72. The van der Waals surface area contributed by atoms with E-state index in [4.69, 9.17) is 16.3 Å². The Morgan fingerprint density at radius 3 is 2.68 bits per heavy atom. The number of benzene rings is 1. The van der Waals surface area contributed by atoms with Gasteiger partial charge in [0, 0.05) is 5.92 Å². The Bertz CT molecular complexity index is 515. The molecule has 0 bridgehead atoms. The molecule has 1 aromatic rings. The van der Waals surface area contributed by atoms with Gasteiger partial charge in [-0.3, -0.25) is 4.79 Å². The molecule has 1 saturated carbocycles. The van der Waals surface area contributed by atoms with Crippen LogP contribution in [0.1, 0.15) is 37.2 Å². The summed E-state index contributed by atoms with van der Waals surface area (Å²) in [7, 11) is 1.53. The van der Waals surface area contributed by atoms with E-state index < -0.39 is 5.92 Å². The van der Waals surface area contributed by atoms with Crippen molar-refractivity contribution in [2.75, 3.05) is 7.11 Å². The molecule has 0 spiro atoms. The Morgan fingerprint density at radius 1 is 1.47 bits per heavy atom. The highest BCUT2D eigenvalue weighted by molar-refractivity contribution is 6.32. The fourth-order valence-corrected chi connectivity index (χ4v) is 2.88. The standard InChI is InChI=1S/C15H16ClNO2/c1-19-14-7-6-11(8-13(14)16)12(9-17)15(18)10-4-2-3-5-10/h6-8,10,12H,2-5H2,1H3. The molecule has 0 N–H and O–H groups in total. The molecule has 100 valence electrons. The van der Waals surface area contributed by atoms with E-state index in [0.717, 1.165) is 25.7 Å². The quantitative estimate of drug-likeness (QED) is 0.843. The van der Waals surface area contributed by atoms with Gasteiger partial charge in [0.15, 0.2) is 5.78 Å². The van der Waals surface area contributed by atoms with Crippen molar-refractivity contribution in [2.45, 2.75) is 31.6 Å². The molecule has 1 atom stereocenters. The maximum absolute atomic E-state index is 12.3. The molecule has 0 aliphatic heterocycles. The summed E-state index contributed by atoms with van der Waals surface area (Å²) in [4.78, 5) is 12.3. The number of ketones is 1. The summed E-state index contributed by atoms with van der Waals surface area (Å²) in [5.41, 5.74) is 0.658. The van der Waals surface area contributed by atoms with Crippen molar-refractivity contribution < 1.29 is 9.53 Å². The van der Waals surface area contributed by atoms with Gasteiger partial charge in [-0.05, 0) is 30.5 Å². The van der Waals surface area contributed by atoms with Gasteiger partial charge in [0.05, 0.1) is 18.2 Å². The summed E-state index contributed by atoms with van der Waals surface area (Å²) < 4.78 is 5.07. The zero-order chi connectivity index (χ0) is 13.8. The third kappa shape index (κ3) is 2.90. The smallest absolute Gasteiger partial charge is 0.157 e. The second kappa shape index (κ2) is 6.08. The molecule has 1 aliphatic rings. The van der Waals surface area contributed by atoms with E-state index in [1.54, 1.807) is 18.2 Å². The zero-order valence-electron chi connectivity index (χ0n) is 10.9. The van der Waals surface area contributed by atoms with E-state index in [1.807, 2.05) is 0 Å². The molecule has 4 heteroatoms. The van der Waals surface area contributed by atoms with Gasteiger partial charge >= 0.3 is 0 Å². The van der Waals surface area contributed by atoms with Crippen LogP contribution in [0.25, 0.3) is 0 Å². The third-order valence-electron chi connectivity index (χ3n) is 3.68. The molecule has 3 nitrogen and oxygen atoms in total. The molecular formula is C15H16ClNO2. The van der Waals surface area contributed by atoms with E-state index in [0.29, 0.717) is 16.3 Å². The highest BCUT2D eigenvalue weighted by atomic mass is 35.5. The lowest BCUT2D eigenvalue weighted by molar-refractivity contribution is -0.123. The summed E-state index contributed by atoms with van der Waals surface area (Å²) in [6, 6.07) is 7.20. The van der Waals surface area contributed by atoms with Crippen LogP contribution in [0.2, 0.25) is 5.02 Å². The first-order valence-electron chi connectivity index (χ1n) is 6.44. The normalized spacial score (nSPS) is 16.9. The first kappa shape index (κ1) is 13.9. The maximum Gasteiger partial charge on any atom is 0.157 e. The van der Waals surface area contributed by atoms with Crippen LogP contribution in [0.3, 0.4) is 0 Å².